The van der Waals surface area contributed by atoms with Gasteiger partial charge in [0.15, 0.2) is 0 Å². The van der Waals surface area contributed by atoms with Crippen LogP contribution in [0.5, 0.6) is 46.0 Å². The Hall–Kier alpha value is -6.80. The summed E-state index contributed by atoms with van der Waals surface area (Å²) in [5, 5.41) is 0. The highest BCUT2D eigenvalue weighted by Crippen LogP contribution is 2.54. The van der Waals surface area contributed by atoms with E-state index in [0.29, 0.717) is 23.0 Å². The molecule has 246 valence electrons. The zero-order chi connectivity index (χ0) is 34.6. The molecule has 8 aliphatic rings. The first-order valence-electron chi connectivity index (χ1n) is 18.1. The number of hydrogen-bond donors (Lipinski definition) is 0. The number of fused-ring (bicyclic) bond motifs is 8. The van der Waals surface area contributed by atoms with Crippen LogP contribution in [0.2, 0.25) is 0 Å². The van der Waals surface area contributed by atoms with Gasteiger partial charge in [0, 0.05) is 50.2 Å². The van der Waals surface area contributed by atoms with Crippen LogP contribution in [0.4, 0.5) is 0 Å². The van der Waals surface area contributed by atoms with Gasteiger partial charge in [0.1, 0.15) is 46.0 Å². The van der Waals surface area contributed by atoms with E-state index in [1.165, 1.54) is 0 Å². The average molecular weight is 694 g/mol. The quantitative estimate of drug-likeness (QED) is 0.190. The Morgan fingerprint density at radius 2 is 0.556 bits per heavy atom. The number of rotatable bonds is 0. The summed E-state index contributed by atoms with van der Waals surface area (Å²) in [4.78, 5) is 0. The van der Waals surface area contributed by atoms with Crippen LogP contribution in [0.25, 0.3) is 66.8 Å². The molecule has 8 nitrogen and oxygen atoms in total. The van der Waals surface area contributed by atoms with Crippen LogP contribution in [-0.2, 0) is 0 Å². The first-order valence-corrected chi connectivity index (χ1v) is 18.1. The maximum Gasteiger partial charge on any atom is 0.633 e. The van der Waals surface area contributed by atoms with Gasteiger partial charge in [-0.05, 0) is 88.0 Å². The van der Waals surface area contributed by atoms with Crippen molar-refractivity contribution in [1.29, 1.82) is 0 Å². The summed E-state index contributed by atoms with van der Waals surface area (Å²) in [5.41, 5.74) is 16.1. The summed E-state index contributed by atoms with van der Waals surface area (Å²) in [6.45, 7) is 0. The highest BCUT2D eigenvalue weighted by molar-refractivity contribution is 6.76. The molecule has 0 fully saturated rings. The smallest absolute Gasteiger partial charge is 0.521 e. The minimum atomic E-state index is -0.679. The Morgan fingerprint density at radius 1 is 0.241 bits per heavy atom. The van der Waals surface area contributed by atoms with Gasteiger partial charge in [-0.3, -0.25) is 0 Å². The van der Waals surface area contributed by atoms with Crippen molar-refractivity contribution in [3.8, 4) is 113 Å². The molecule has 8 heterocycles. The van der Waals surface area contributed by atoms with Gasteiger partial charge in [-0.2, -0.15) is 0 Å². The van der Waals surface area contributed by atoms with E-state index in [9.17, 15) is 0 Å². The minimum absolute atomic E-state index is 0.597. The van der Waals surface area contributed by atoms with Gasteiger partial charge in [-0.25, -0.2) is 0 Å². The molecule has 15 rings (SSSR count). The molecule has 0 aliphatic carbocycles. The molecule has 0 radical (unpaired) electrons. The molecule has 7 aromatic carbocycles. The van der Waals surface area contributed by atoms with Gasteiger partial charge in [0.2, 0.25) is 0 Å². The molecule has 0 amide bonds. The largest absolute Gasteiger partial charge is 0.633 e. The lowest BCUT2D eigenvalue weighted by atomic mass is 9.56. The number of benzene rings is 7. The fourth-order valence-corrected chi connectivity index (χ4v) is 10.00. The van der Waals surface area contributed by atoms with Crippen LogP contribution < -0.4 is 59.1 Å². The highest BCUT2D eigenvalue weighted by atomic mass is 16.6. The van der Waals surface area contributed by atoms with E-state index < -0.39 is 28.5 Å². The molecule has 12 heteroatoms. The van der Waals surface area contributed by atoms with Crippen molar-refractivity contribution in [2.75, 3.05) is 0 Å². The van der Waals surface area contributed by atoms with Crippen molar-refractivity contribution in [3.63, 3.8) is 0 Å². The molecule has 0 aromatic heterocycles. The van der Waals surface area contributed by atoms with E-state index in [2.05, 4.69) is 42.5 Å². The third-order valence-electron chi connectivity index (χ3n) is 12.1. The lowest BCUT2D eigenvalue weighted by Crippen LogP contribution is -2.57. The Kier molecular flexibility index (Phi) is 4.41. The van der Waals surface area contributed by atoms with Crippen LogP contribution in [0.15, 0.2) is 109 Å². The third-order valence-corrected chi connectivity index (χ3v) is 12.1. The molecule has 0 bridgehead atoms. The van der Waals surface area contributed by atoms with Crippen molar-refractivity contribution in [2.24, 2.45) is 0 Å². The fraction of sp³-hybridized carbons (Fsp3) is 0. The highest BCUT2D eigenvalue weighted by Gasteiger charge is 2.54. The Labute approximate surface area is 308 Å². The molecule has 8 aliphatic heterocycles. The molecule has 0 saturated carbocycles. The maximum atomic E-state index is 6.83. The first-order chi connectivity index (χ1) is 26.7. The molecule has 0 unspecified atom stereocenters. The Bertz CT molecular complexity index is 2820. The normalized spacial score (nSPS) is 15.7. The SMILES string of the molecule is c1ccc2c(c1)OB1Oc3cccc4c3-c3c1c-2cc1c3B(Oc2cc3c(cc2-1)-c1cc2c5c6c1B(O3)Oc1cccc(c1-6)OB5Oc1ccccc1-2)O4. The standard InChI is InChI=1S/C42H18B4O8/c1-3-9-27-19(7-1)23-16-25-21-15-22-26-17-24-20-8-2-4-10-28(20)48-44-40(24)38-36-30(50-44)12-6-14-32(36)52-46(42(26)38)54-34(22)18-33(21)53-45-41(25)37-35-29(11-5-13-31(35)51-45)49-43(47-27)39(23)37/h1-18H. The molecule has 7 aromatic rings. The summed E-state index contributed by atoms with van der Waals surface area (Å²) >= 11 is 0. The summed E-state index contributed by atoms with van der Waals surface area (Å²) in [5.74, 6) is 5.81. The monoisotopic (exact) mass is 694 g/mol. The summed E-state index contributed by atoms with van der Waals surface area (Å²) in [7, 11) is -2.55. The first kappa shape index (κ1) is 26.9. The lowest BCUT2D eigenvalue weighted by Gasteiger charge is -2.41. The number of para-hydroxylation sites is 2. The maximum absolute atomic E-state index is 6.83. The van der Waals surface area contributed by atoms with E-state index in [4.69, 9.17) is 37.2 Å². The second-order valence-corrected chi connectivity index (χ2v) is 14.7. The van der Waals surface area contributed by atoms with Crippen molar-refractivity contribution in [1.82, 2.24) is 0 Å². The van der Waals surface area contributed by atoms with Gasteiger partial charge in [-0.15, -0.1) is 0 Å². The number of hydrogen-bond acceptors (Lipinski definition) is 8. The lowest BCUT2D eigenvalue weighted by molar-refractivity contribution is 0.416. The Morgan fingerprint density at radius 3 is 0.981 bits per heavy atom. The summed E-state index contributed by atoms with van der Waals surface area (Å²) < 4.78 is 53.1. The van der Waals surface area contributed by atoms with Crippen LogP contribution >= 0.6 is 0 Å². The van der Waals surface area contributed by atoms with Gasteiger partial charge >= 0.3 is 28.5 Å². The summed E-state index contributed by atoms with van der Waals surface area (Å²) in [6, 6.07) is 36.9. The second kappa shape index (κ2) is 8.86. The predicted molar refractivity (Wildman–Crippen MR) is 206 cm³/mol. The predicted octanol–water partition coefficient (Wildman–Crippen LogP) is 5.61. The Balaban J connectivity index is 1.03. The average Bonchev–Trinajstić information content (AvgIpc) is 3.20. The molecule has 54 heavy (non-hydrogen) atoms. The second-order valence-electron chi connectivity index (χ2n) is 14.7. The van der Waals surface area contributed by atoms with Crippen LogP contribution in [0.3, 0.4) is 0 Å². The topological polar surface area (TPSA) is 73.8 Å². The zero-order valence-corrected chi connectivity index (χ0v) is 28.0. The molecule has 0 saturated heterocycles. The van der Waals surface area contributed by atoms with E-state index >= 15 is 0 Å². The molecular weight excluding hydrogens is 676 g/mol. The van der Waals surface area contributed by atoms with Crippen molar-refractivity contribution in [3.05, 3.63) is 109 Å². The summed E-state index contributed by atoms with van der Waals surface area (Å²) in [6.07, 6.45) is 0. The van der Waals surface area contributed by atoms with E-state index in [-0.39, 0.29) is 0 Å². The zero-order valence-electron chi connectivity index (χ0n) is 28.0. The van der Waals surface area contributed by atoms with E-state index in [0.717, 1.165) is 112 Å². The van der Waals surface area contributed by atoms with Crippen LogP contribution in [-0.4, -0.2) is 28.5 Å². The molecular formula is C42H18B4O8. The van der Waals surface area contributed by atoms with Gasteiger partial charge in [0.25, 0.3) is 0 Å². The molecule has 0 spiro atoms. The molecule has 0 N–H and O–H groups in total. The van der Waals surface area contributed by atoms with Crippen molar-refractivity contribution >= 4 is 50.3 Å². The van der Waals surface area contributed by atoms with Crippen LogP contribution in [0.1, 0.15) is 0 Å². The third kappa shape index (κ3) is 3.01. The van der Waals surface area contributed by atoms with Gasteiger partial charge in [-0.1, -0.05) is 48.5 Å². The van der Waals surface area contributed by atoms with Crippen LogP contribution in [0, 0.1) is 0 Å². The fourth-order valence-electron chi connectivity index (χ4n) is 10.00. The minimum Gasteiger partial charge on any atom is -0.521 e. The van der Waals surface area contributed by atoms with Gasteiger partial charge in [0.05, 0.1) is 11.1 Å². The van der Waals surface area contributed by atoms with E-state index in [1.54, 1.807) is 0 Å². The van der Waals surface area contributed by atoms with Crippen molar-refractivity contribution < 1.29 is 37.2 Å². The van der Waals surface area contributed by atoms with Crippen molar-refractivity contribution in [2.45, 2.75) is 0 Å². The molecule has 0 atom stereocenters. The van der Waals surface area contributed by atoms with E-state index in [1.807, 2.05) is 66.7 Å². The van der Waals surface area contributed by atoms with Gasteiger partial charge < -0.3 is 37.2 Å².